The van der Waals surface area contributed by atoms with Gasteiger partial charge < -0.3 is 19.9 Å². The standard InChI is InChI=1S/C13H25N3O2/c1-18-11-3-7-15-6-2-8-16(10-9-15)13(17)14-12-4-5-12/h12H,2-11H2,1H3,(H,14,17). The molecule has 1 aliphatic carbocycles. The van der Waals surface area contributed by atoms with E-state index in [-0.39, 0.29) is 6.03 Å². The highest BCUT2D eigenvalue weighted by Gasteiger charge is 2.26. The van der Waals surface area contributed by atoms with Crippen molar-refractivity contribution in [3.63, 3.8) is 0 Å². The number of rotatable bonds is 5. The molecule has 2 rings (SSSR count). The number of methoxy groups -OCH3 is 1. The van der Waals surface area contributed by atoms with Crippen LogP contribution in [0.1, 0.15) is 25.7 Å². The predicted octanol–water partition coefficient (Wildman–Crippen LogP) is 0.903. The molecule has 0 aromatic heterocycles. The minimum atomic E-state index is 0.135. The molecule has 2 aliphatic rings. The van der Waals surface area contributed by atoms with Gasteiger partial charge in [-0.05, 0) is 32.2 Å². The number of hydrogen-bond acceptors (Lipinski definition) is 3. The maximum absolute atomic E-state index is 11.9. The maximum atomic E-state index is 11.9. The Bertz CT molecular complexity index is 269. The van der Waals surface area contributed by atoms with Crippen LogP contribution in [0.4, 0.5) is 4.79 Å². The van der Waals surface area contributed by atoms with Crippen molar-refractivity contribution in [3.05, 3.63) is 0 Å². The summed E-state index contributed by atoms with van der Waals surface area (Å²) in [6.07, 6.45) is 4.46. The van der Waals surface area contributed by atoms with Gasteiger partial charge in [-0.1, -0.05) is 0 Å². The van der Waals surface area contributed by atoms with Crippen molar-refractivity contribution < 1.29 is 9.53 Å². The second kappa shape index (κ2) is 6.95. The summed E-state index contributed by atoms with van der Waals surface area (Å²) in [6.45, 7) is 5.72. The van der Waals surface area contributed by atoms with E-state index in [1.54, 1.807) is 7.11 Å². The van der Waals surface area contributed by atoms with Gasteiger partial charge in [0.1, 0.15) is 0 Å². The summed E-state index contributed by atoms with van der Waals surface area (Å²) in [7, 11) is 1.74. The van der Waals surface area contributed by atoms with E-state index in [1.165, 1.54) is 0 Å². The number of nitrogens with zero attached hydrogens (tertiary/aromatic N) is 2. The lowest BCUT2D eigenvalue weighted by molar-refractivity contribution is 0.171. The Kier molecular flexibility index (Phi) is 5.26. The third kappa shape index (κ3) is 4.46. The van der Waals surface area contributed by atoms with Crippen molar-refractivity contribution in [1.29, 1.82) is 0 Å². The van der Waals surface area contributed by atoms with Crippen LogP contribution in [0.25, 0.3) is 0 Å². The Hall–Kier alpha value is -0.810. The van der Waals surface area contributed by atoms with Gasteiger partial charge in [0.15, 0.2) is 0 Å². The number of hydrogen-bond donors (Lipinski definition) is 1. The second-order valence-corrected chi connectivity index (χ2v) is 5.25. The van der Waals surface area contributed by atoms with E-state index in [9.17, 15) is 4.79 Å². The highest BCUT2D eigenvalue weighted by atomic mass is 16.5. The van der Waals surface area contributed by atoms with Crippen molar-refractivity contribution >= 4 is 6.03 Å². The SMILES string of the molecule is COCCCN1CCCN(C(=O)NC2CC2)CC1. The van der Waals surface area contributed by atoms with Crippen molar-refractivity contribution in [2.45, 2.75) is 31.7 Å². The van der Waals surface area contributed by atoms with Gasteiger partial charge in [0, 0.05) is 45.9 Å². The molecule has 0 aromatic carbocycles. The second-order valence-electron chi connectivity index (χ2n) is 5.25. The van der Waals surface area contributed by atoms with Crippen molar-refractivity contribution in [2.75, 3.05) is 46.4 Å². The van der Waals surface area contributed by atoms with Gasteiger partial charge in [-0.2, -0.15) is 0 Å². The molecular formula is C13H25N3O2. The Morgan fingerprint density at radius 3 is 2.83 bits per heavy atom. The molecule has 0 spiro atoms. The summed E-state index contributed by atoms with van der Waals surface area (Å²) < 4.78 is 5.07. The zero-order valence-corrected chi connectivity index (χ0v) is 11.4. The van der Waals surface area contributed by atoms with Gasteiger partial charge in [0.05, 0.1) is 0 Å². The summed E-state index contributed by atoms with van der Waals surface area (Å²) in [6, 6.07) is 0.592. The van der Waals surface area contributed by atoms with E-state index >= 15 is 0 Å². The maximum Gasteiger partial charge on any atom is 0.317 e. The lowest BCUT2D eigenvalue weighted by Gasteiger charge is -2.22. The van der Waals surface area contributed by atoms with Crippen LogP contribution in [0.5, 0.6) is 0 Å². The number of urea groups is 1. The molecular weight excluding hydrogens is 230 g/mol. The van der Waals surface area contributed by atoms with E-state index in [1.807, 2.05) is 4.90 Å². The fourth-order valence-corrected chi connectivity index (χ4v) is 2.32. The molecule has 0 bridgehead atoms. The third-order valence-corrected chi connectivity index (χ3v) is 3.60. The van der Waals surface area contributed by atoms with Crippen molar-refractivity contribution in [1.82, 2.24) is 15.1 Å². The van der Waals surface area contributed by atoms with Crippen LogP contribution in [-0.2, 0) is 4.74 Å². The molecule has 0 aromatic rings. The molecule has 2 amide bonds. The molecule has 0 atom stereocenters. The van der Waals surface area contributed by atoms with E-state index in [0.717, 1.165) is 65.0 Å². The monoisotopic (exact) mass is 255 g/mol. The molecule has 0 radical (unpaired) electrons. The lowest BCUT2D eigenvalue weighted by Crippen LogP contribution is -2.42. The number of carbonyl (C=O) groups is 1. The number of nitrogens with one attached hydrogen (secondary N) is 1. The normalized spacial score (nSPS) is 21.7. The Morgan fingerprint density at radius 2 is 2.11 bits per heavy atom. The molecule has 1 heterocycles. The summed E-state index contributed by atoms with van der Waals surface area (Å²) in [5.41, 5.74) is 0. The molecule has 1 saturated carbocycles. The van der Waals surface area contributed by atoms with Gasteiger partial charge in [-0.25, -0.2) is 4.79 Å². The lowest BCUT2D eigenvalue weighted by atomic mass is 10.3. The first-order valence-corrected chi connectivity index (χ1v) is 7.06. The Morgan fingerprint density at radius 1 is 1.28 bits per heavy atom. The van der Waals surface area contributed by atoms with Crippen LogP contribution in [0.15, 0.2) is 0 Å². The molecule has 1 aliphatic heterocycles. The quantitative estimate of drug-likeness (QED) is 0.743. The molecule has 104 valence electrons. The van der Waals surface area contributed by atoms with Crippen LogP contribution in [0.3, 0.4) is 0 Å². The zero-order valence-electron chi connectivity index (χ0n) is 11.4. The van der Waals surface area contributed by atoms with Crippen LogP contribution >= 0.6 is 0 Å². The van der Waals surface area contributed by atoms with Gasteiger partial charge in [0.2, 0.25) is 0 Å². The molecule has 5 heteroatoms. The van der Waals surface area contributed by atoms with E-state index < -0.39 is 0 Å². The highest BCUT2D eigenvalue weighted by Crippen LogP contribution is 2.19. The predicted molar refractivity (Wildman–Crippen MR) is 70.7 cm³/mol. The molecule has 18 heavy (non-hydrogen) atoms. The van der Waals surface area contributed by atoms with Crippen molar-refractivity contribution in [3.8, 4) is 0 Å². The Balaban J connectivity index is 1.68. The summed E-state index contributed by atoms with van der Waals surface area (Å²) in [5.74, 6) is 0. The molecule has 5 nitrogen and oxygen atoms in total. The average Bonchev–Trinajstić information content (AvgIpc) is 3.16. The zero-order chi connectivity index (χ0) is 12.8. The molecule has 1 N–H and O–H groups in total. The van der Waals surface area contributed by atoms with Gasteiger partial charge in [-0.3, -0.25) is 0 Å². The average molecular weight is 255 g/mol. The first-order chi connectivity index (χ1) is 8.79. The van der Waals surface area contributed by atoms with E-state index in [2.05, 4.69) is 10.2 Å². The molecule has 1 saturated heterocycles. The van der Waals surface area contributed by atoms with Crippen LogP contribution < -0.4 is 5.32 Å². The first kappa shape index (κ1) is 13.6. The minimum absolute atomic E-state index is 0.135. The fraction of sp³-hybridized carbons (Fsp3) is 0.923. The highest BCUT2D eigenvalue weighted by molar-refractivity contribution is 5.74. The fourth-order valence-electron chi connectivity index (χ4n) is 2.32. The topological polar surface area (TPSA) is 44.8 Å². The van der Waals surface area contributed by atoms with E-state index in [4.69, 9.17) is 4.74 Å². The first-order valence-electron chi connectivity index (χ1n) is 7.06. The molecule has 0 unspecified atom stereocenters. The van der Waals surface area contributed by atoms with Crippen LogP contribution in [0.2, 0.25) is 0 Å². The summed E-state index contributed by atoms with van der Waals surface area (Å²) >= 11 is 0. The summed E-state index contributed by atoms with van der Waals surface area (Å²) in [5, 5.41) is 3.07. The largest absolute Gasteiger partial charge is 0.385 e. The molecule has 2 fully saturated rings. The smallest absolute Gasteiger partial charge is 0.317 e. The number of ether oxygens (including phenoxy) is 1. The van der Waals surface area contributed by atoms with E-state index in [0.29, 0.717) is 6.04 Å². The van der Waals surface area contributed by atoms with Crippen molar-refractivity contribution in [2.24, 2.45) is 0 Å². The minimum Gasteiger partial charge on any atom is -0.385 e. The number of amides is 2. The van der Waals surface area contributed by atoms with Gasteiger partial charge in [0.25, 0.3) is 0 Å². The van der Waals surface area contributed by atoms with Gasteiger partial charge >= 0.3 is 6.03 Å². The number of carbonyl (C=O) groups excluding carboxylic acids is 1. The summed E-state index contributed by atoms with van der Waals surface area (Å²) in [4.78, 5) is 16.3. The Labute approximate surface area is 109 Å². The van der Waals surface area contributed by atoms with Crippen LogP contribution in [-0.4, -0.2) is 68.3 Å². The third-order valence-electron chi connectivity index (χ3n) is 3.60. The van der Waals surface area contributed by atoms with Gasteiger partial charge in [-0.15, -0.1) is 0 Å². The van der Waals surface area contributed by atoms with Crippen LogP contribution in [0, 0.1) is 0 Å².